The Kier molecular flexibility index (Phi) is 4.81. The van der Waals surface area contributed by atoms with Crippen LogP contribution in [0.15, 0.2) is 63.2 Å². The van der Waals surface area contributed by atoms with Gasteiger partial charge in [0.1, 0.15) is 5.75 Å². The van der Waals surface area contributed by atoms with Crippen molar-refractivity contribution in [1.29, 1.82) is 0 Å². The largest absolute Gasteiger partial charge is 0.491 e. The van der Waals surface area contributed by atoms with E-state index in [-0.39, 0.29) is 20.8 Å². The topological polar surface area (TPSA) is 77.5 Å². The van der Waals surface area contributed by atoms with E-state index in [1.54, 1.807) is 12.1 Å². The van der Waals surface area contributed by atoms with E-state index in [0.717, 1.165) is 6.26 Å². The first-order chi connectivity index (χ1) is 10.6. The fourth-order valence-corrected chi connectivity index (χ4v) is 3.86. The molecular formula is C16H18O5S2. The van der Waals surface area contributed by atoms with Crippen LogP contribution in [0.1, 0.15) is 13.8 Å². The molecule has 0 radical (unpaired) electrons. The molecule has 0 spiro atoms. The normalized spacial score (nSPS) is 12.3. The Labute approximate surface area is 136 Å². The Bertz CT molecular complexity index is 878. The van der Waals surface area contributed by atoms with Crippen molar-refractivity contribution in [3.8, 4) is 5.75 Å². The van der Waals surface area contributed by atoms with E-state index >= 15 is 0 Å². The van der Waals surface area contributed by atoms with Gasteiger partial charge < -0.3 is 4.74 Å². The lowest BCUT2D eigenvalue weighted by Gasteiger charge is -2.10. The van der Waals surface area contributed by atoms with Crippen molar-refractivity contribution < 1.29 is 21.6 Å². The molecule has 0 aliphatic heterocycles. The highest BCUT2D eigenvalue weighted by Gasteiger charge is 2.18. The number of ether oxygens (including phenoxy) is 1. The van der Waals surface area contributed by atoms with Crippen LogP contribution in [0.3, 0.4) is 0 Å². The van der Waals surface area contributed by atoms with Crippen molar-refractivity contribution in [1.82, 2.24) is 0 Å². The van der Waals surface area contributed by atoms with Crippen LogP contribution in [0, 0.1) is 0 Å². The van der Waals surface area contributed by atoms with E-state index in [9.17, 15) is 16.8 Å². The van der Waals surface area contributed by atoms with Crippen molar-refractivity contribution in [3.05, 3.63) is 48.5 Å². The summed E-state index contributed by atoms with van der Waals surface area (Å²) >= 11 is 0. The molecule has 23 heavy (non-hydrogen) atoms. The molecule has 0 N–H and O–H groups in total. The molecule has 0 saturated heterocycles. The second-order valence-electron chi connectivity index (χ2n) is 5.39. The zero-order valence-electron chi connectivity index (χ0n) is 13.1. The maximum Gasteiger partial charge on any atom is 0.206 e. The molecule has 0 unspecified atom stereocenters. The van der Waals surface area contributed by atoms with Crippen LogP contribution in [0.4, 0.5) is 0 Å². The summed E-state index contributed by atoms with van der Waals surface area (Å²) in [6, 6.07) is 11.3. The summed E-state index contributed by atoms with van der Waals surface area (Å²) in [5, 5.41) is 0. The highest BCUT2D eigenvalue weighted by molar-refractivity contribution is 7.91. The van der Waals surface area contributed by atoms with Crippen molar-refractivity contribution in [2.45, 2.75) is 34.6 Å². The molecule has 0 fully saturated rings. The fourth-order valence-electron chi connectivity index (χ4n) is 1.97. The highest BCUT2D eigenvalue weighted by atomic mass is 32.2. The average Bonchev–Trinajstić information content (AvgIpc) is 2.46. The molecule has 0 saturated carbocycles. The number of sulfone groups is 2. The lowest BCUT2D eigenvalue weighted by Crippen LogP contribution is -2.06. The monoisotopic (exact) mass is 354 g/mol. The van der Waals surface area contributed by atoms with Gasteiger partial charge in [-0.3, -0.25) is 0 Å². The van der Waals surface area contributed by atoms with Crippen molar-refractivity contribution in [3.63, 3.8) is 0 Å². The van der Waals surface area contributed by atoms with Crippen LogP contribution in [-0.4, -0.2) is 29.2 Å². The van der Waals surface area contributed by atoms with E-state index in [2.05, 4.69) is 0 Å². The van der Waals surface area contributed by atoms with Gasteiger partial charge >= 0.3 is 0 Å². The van der Waals surface area contributed by atoms with Gasteiger partial charge in [-0.05, 0) is 62.4 Å². The number of rotatable bonds is 5. The molecule has 2 aromatic carbocycles. The minimum Gasteiger partial charge on any atom is -0.491 e. The lowest BCUT2D eigenvalue weighted by atomic mass is 10.3. The van der Waals surface area contributed by atoms with E-state index < -0.39 is 19.7 Å². The Hall–Kier alpha value is -1.86. The SMILES string of the molecule is CC(C)Oc1ccc(S(=O)(=O)c2ccc(S(C)(=O)=O)cc2)cc1. The summed E-state index contributed by atoms with van der Waals surface area (Å²) in [5.74, 6) is 0.589. The minimum atomic E-state index is -3.70. The van der Waals surface area contributed by atoms with E-state index in [1.807, 2.05) is 13.8 Å². The van der Waals surface area contributed by atoms with Gasteiger partial charge in [0.25, 0.3) is 0 Å². The maximum absolute atomic E-state index is 12.5. The standard InChI is InChI=1S/C16H18O5S2/c1-12(2)21-13-4-6-15(7-5-13)23(19,20)16-10-8-14(9-11-16)22(3,17)18/h4-12H,1-3H3. The smallest absolute Gasteiger partial charge is 0.206 e. The summed E-state index contributed by atoms with van der Waals surface area (Å²) in [4.78, 5) is 0.250. The van der Waals surface area contributed by atoms with Gasteiger partial charge in [0, 0.05) is 6.26 Å². The Morgan fingerprint density at radius 2 is 1.13 bits per heavy atom. The van der Waals surface area contributed by atoms with Gasteiger partial charge in [0.05, 0.1) is 20.8 Å². The second kappa shape index (κ2) is 6.33. The molecule has 0 aliphatic carbocycles. The van der Waals surface area contributed by atoms with Gasteiger partial charge in [0.2, 0.25) is 9.84 Å². The van der Waals surface area contributed by atoms with Crippen LogP contribution in [0.25, 0.3) is 0 Å². The second-order valence-corrected chi connectivity index (χ2v) is 9.35. The average molecular weight is 354 g/mol. The predicted molar refractivity (Wildman–Crippen MR) is 87.2 cm³/mol. The molecule has 0 aliphatic rings. The van der Waals surface area contributed by atoms with Crippen molar-refractivity contribution in [2.75, 3.05) is 6.26 Å². The molecule has 0 heterocycles. The third kappa shape index (κ3) is 4.11. The highest BCUT2D eigenvalue weighted by Crippen LogP contribution is 2.24. The Morgan fingerprint density at radius 1 is 0.739 bits per heavy atom. The van der Waals surface area contributed by atoms with Crippen LogP contribution in [0.5, 0.6) is 5.75 Å². The summed E-state index contributed by atoms with van der Waals surface area (Å²) in [7, 11) is -7.06. The molecule has 124 valence electrons. The van der Waals surface area contributed by atoms with Gasteiger partial charge in [-0.2, -0.15) is 0 Å². The van der Waals surface area contributed by atoms with Gasteiger partial charge in [-0.15, -0.1) is 0 Å². The van der Waals surface area contributed by atoms with Crippen LogP contribution in [-0.2, 0) is 19.7 Å². The fraction of sp³-hybridized carbons (Fsp3) is 0.250. The zero-order valence-corrected chi connectivity index (χ0v) is 14.7. The first-order valence-electron chi connectivity index (χ1n) is 6.92. The Morgan fingerprint density at radius 3 is 1.52 bits per heavy atom. The molecule has 0 bridgehead atoms. The molecule has 5 nitrogen and oxygen atoms in total. The third-order valence-electron chi connectivity index (χ3n) is 3.07. The van der Waals surface area contributed by atoms with Crippen LogP contribution < -0.4 is 4.74 Å². The number of hydrogen-bond acceptors (Lipinski definition) is 5. The lowest BCUT2D eigenvalue weighted by molar-refractivity contribution is 0.242. The summed E-state index contributed by atoms with van der Waals surface area (Å²) in [6.07, 6.45) is 1.07. The molecular weight excluding hydrogens is 336 g/mol. The molecule has 7 heteroatoms. The van der Waals surface area contributed by atoms with E-state index in [1.165, 1.54) is 36.4 Å². The zero-order chi connectivity index (χ0) is 17.3. The van der Waals surface area contributed by atoms with Crippen LogP contribution >= 0.6 is 0 Å². The number of benzene rings is 2. The Balaban J connectivity index is 2.34. The number of hydrogen-bond donors (Lipinski definition) is 0. The molecule has 2 aromatic rings. The minimum absolute atomic E-state index is 0.000921. The first kappa shape index (κ1) is 17.5. The van der Waals surface area contributed by atoms with Crippen LogP contribution in [0.2, 0.25) is 0 Å². The molecule has 0 amide bonds. The van der Waals surface area contributed by atoms with Gasteiger partial charge in [-0.25, -0.2) is 16.8 Å². The first-order valence-corrected chi connectivity index (χ1v) is 10.3. The van der Waals surface area contributed by atoms with Crippen molar-refractivity contribution in [2.24, 2.45) is 0 Å². The maximum atomic E-state index is 12.5. The van der Waals surface area contributed by atoms with E-state index in [4.69, 9.17) is 4.74 Å². The molecule has 0 atom stereocenters. The quantitative estimate of drug-likeness (QED) is 0.825. The molecule has 0 aromatic heterocycles. The van der Waals surface area contributed by atoms with Gasteiger partial charge in [-0.1, -0.05) is 0 Å². The molecule has 2 rings (SSSR count). The summed E-state index contributed by atoms with van der Waals surface area (Å²) in [6.45, 7) is 3.77. The van der Waals surface area contributed by atoms with Crippen molar-refractivity contribution >= 4 is 19.7 Å². The van der Waals surface area contributed by atoms with Gasteiger partial charge in [0.15, 0.2) is 9.84 Å². The predicted octanol–water partition coefficient (Wildman–Crippen LogP) is 2.71. The van der Waals surface area contributed by atoms with E-state index in [0.29, 0.717) is 5.75 Å². The third-order valence-corrected chi connectivity index (χ3v) is 5.98. The summed E-state index contributed by atoms with van der Waals surface area (Å²) in [5.41, 5.74) is 0. The summed E-state index contributed by atoms with van der Waals surface area (Å²) < 4.78 is 53.4.